The molecule has 0 saturated heterocycles. The second kappa shape index (κ2) is 13.0. The first-order chi connectivity index (χ1) is 10.4. The van der Waals surface area contributed by atoms with E-state index in [2.05, 4.69) is 20.8 Å². The fraction of sp³-hybridized carbons (Fsp3) is 0.950. The number of hydrogen-bond donors (Lipinski definition) is 0. The van der Waals surface area contributed by atoms with Crippen LogP contribution in [0, 0.1) is 5.92 Å². The van der Waals surface area contributed by atoms with Gasteiger partial charge in [0, 0.05) is 6.42 Å². The normalized spacial score (nSPS) is 11.9. The van der Waals surface area contributed by atoms with Gasteiger partial charge in [-0.3, -0.25) is 4.79 Å². The maximum absolute atomic E-state index is 11.8. The summed E-state index contributed by atoms with van der Waals surface area (Å²) < 4.78 is 5.55. The molecule has 0 bridgehead atoms. The van der Waals surface area contributed by atoms with Gasteiger partial charge >= 0.3 is 5.97 Å². The average molecular weight is 313 g/mol. The van der Waals surface area contributed by atoms with E-state index in [4.69, 9.17) is 4.74 Å². The largest absolute Gasteiger partial charge is 0.459 e. The smallest absolute Gasteiger partial charge is 0.306 e. The van der Waals surface area contributed by atoms with Gasteiger partial charge in [0.25, 0.3) is 0 Å². The number of hydrogen-bond acceptors (Lipinski definition) is 2. The van der Waals surface area contributed by atoms with Crippen LogP contribution in [0.2, 0.25) is 0 Å². The molecule has 0 aliphatic heterocycles. The Balaban J connectivity index is 3.37. The lowest BCUT2D eigenvalue weighted by molar-refractivity contribution is -0.160. The zero-order chi connectivity index (χ0) is 16.8. The molecule has 0 aliphatic carbocycles. The summed E-state index contributed by atoms with van der Waals surface area (Å²) in [5, 5.41) is 0. The molecule has 0 unspecified atom stereocenters. The van der Waals surface area contributed by atoms with Crippen molar-refractivity contribution in [2.75, 3.05) is 0 Å². The first kappa shape index (κ1) is 21.5. The van der Waals surface area contributed by atoms with E-state index in [1.165, 1.54) is 57.8 Å². The van der Waals surface area contributed by atoms with Crippen LogP contribution < -0.4 is 0 Å². The second-order valence-electron chi connectivity index (χ2n) is 7.52. The van der Waals surface area contributed by atoms with Gasteiger partial charge in [0.05, 0.1) is 0 Å². The molecule has 0 fully saturated rings. The molecule has 0 aliphatic rings. The molecule has 0 aromatic rings. The second-order valence-corrected chi connectivity index (χ2v) is 7.52. The highest BCUT2D eigenvalue weighted by molar-refractivity contribution is 5.69. The van der Waals surface area contributed by atoms with E-state index >= 15 is 0 Å². The summed E-state index contributed by atoms with van der Waals surface area (Å²) in [6.07, 6.45) is 15.0. The Morgan fingerprint density at radius 2 is 1.23 bits per heavy atom. The molecule has 0 amide bonds. The van der Waals surface area contributed by atoms with Crippen molar-refractivity contribution in [1.82, 2.24) is 0 Å². The van der Waals surface area contributed by atoms with Gasteiger partial charge in [-0.2, -0.15) is 0 Å². The van der Waals surface area contributed by atoms with Gasteiger partial charge in [-0.05, 0) is 26.2 Å². The van der Waals surface area contributed by atoms with Crippen molar-refractivity contribution in [1.29, 1.82) is 0 Å². The quantitative estimate of drug-likeness (QED) is 0.264. The third kappa shape index (κ3) is 12.1. The van der Waals surface area contributed by atoms with Crippen LogP contribution in [0.1, 0.15) is 112 Å². The molecule has 0 rings (SSSR count). The van der Waals surface area contributed by atoms with Crippen molar-refractivity contribution < 1.29 is 9.53 Å². The summed E-state index contributed by atoms with van der Waals surface area (Å²) in [5.41, 5.74) is -0.338. The molecular formula is C20H40O2. The standard InChI is InChI=1S/C20H40O2/c1-6-7-8-9-10-11-12-13-14-15-16-17-19(21)22-20(4,5)18(2)3/h18H,6-17H2,1-5H3. The summed E-state index contributed by atoms with van der Waals surface area (Å²) in [4.78, 5) is 11.8. The number of carbonyl (C=O) groups is 1. The summed E-state index contributed by atoms with van der Waals surface area (Å²) in [5.74, 6) is 0.323. The number of esters is 1. The molecule has 2 heteroatoms. The highest BCUT2D eigenvalue weighted by Gasteiger charge is 2.26. The van der Waals surface area contributed by atoms with Gasteiger partial charge in [-0.15, -0.1) is 0 Å². The Morgan fingerprint density at radius 3 is 1.64 bits per heavy atom. The van der Waals surface area contributed by atoms with Crippen molar-refractivity contribution in [2.45, 2.75) is 117 Å². The molecular weight excluding hydrogens is 272 g/mol. The zero-order valence-electron chi connectivity index (χ0n) is 15.9. The van der Waals surface area contributed by atoms with Gasteiger partial charge in [-0.1, -0.05) is 85.0 Å². The first-order valence-electron chi connectivity index (χ1n) is 9.62. The Kier molecular flexibility index (Phi) is 12.6. The van der Waals surface area contributed by atoms with Crippen LogP contribution in [0.5, 0.6) is 0 Å². The highest BCUT2D eigenvalue weighted by atomic mass is 16.6. The molecule has 132 valence electrons. The van der Waals surface area contributed by atoms with E-state index in [9.17, 15) is 4.79 Å². The van der Waals surface area contributed by atoms with Crippen LogP contribution in [0.3, 0.4) is 0 Å². The van der Waals surface area contributed by atoms with Gasteiger partial charge in [-0.25, -0.2) is 0 Å². The van der Waals surface area contributed by atoms with Gasteiger partial charge in [0.2, 0.25) is 0 Å². The third-order valence-corrected chi connectivity index (χ3v) is 4.75. The SMILES string of the molecule is CCCCCCCCCCCCCC(=O)OC(C)(C)C(C)C. The predicted molar refractivity (Wildman–Crippen MR) is 96.1 cm³/mol. The van der Waals surface area contributed by atoms with Crippen LogP contribution in [-0.4, -0.2) is 11.6 Å². The van der Waals surface area contributed by atoms with E-state index in [0.29, 0.717) is 12.3 Å². The van der Waals surface area contributed by atoms with Gasteiger partial charge in [0.15, 0.2) is 0 Å². The van der Waals surface area contributed by atoms with Crippen LogP contribution in [-0.2, 0) is 9.53 Å². The summed E-state index contributed by atoms with van der Waals surface area (Å²) in [6, 6.07) is 0. The van der Waals surface area contributed by atoms with Crippen LogP contribution in [0.25, 0.3) is 0 Å². The van der Waals surface area contributed by atoms with E-state index in [1.807, 2.05) is 13.8 Å². The van der Waals surface area contributed by atoms with Crippen molar-refractivity contribution in [2.24, 2.45) is 5.92 Å². The van der Waals surface area contributed by atoms with Crippen molar-refractivity contribution in [3.8, 4) is 0 Å². The zero-order valence-corrected chi connectivity index (χ0v) is 15.9. The Bertz CT molecular complexity index is 269. The minimum Gasteiger partial charge on any atom is -0.459 e. The Hall–Kier alpha value is -0.530. The topological polar surface area (TPSA) is 26.3 Å². The monoisotopic (exact) mass is 312 g/mol. The predicted octanol–water partition coefficient (Wildman–Crippen LogP) is 6.67. The molecule has 0 heterocycles. The first-order valence-corrected chi connectivity index (χ1v) is 9.62. The molecule has 0 aromatic carbocycles. The fourth-order valence-electron chi connectivity index (χ4n) is 2.40. The number of unbranched alkanes of at least 4 members (excludes halogenated alkanes) is 10. The Labute approximate surface area is 139 Å². The average Bonchev–Trinajstić information content (AvgIpc) is 2.44. The number of rotatable bonds is 14. The van der Waals surface area contributed by atoms with Gasteiger partial charge in [0.1, 0.15) is 5.60 Å². The molecule has 2 nitrogen and oxygen atoms in total. The third-order valence-electron chi connectivity index (χ3n) is 4.75. The molecule has 0 saturated carbocycles. The molecule has 0 aromatic heterocycles. The lowest BCUT2D eigenvalue weighted by Crippen LogP contribution is -2.33. The fourth-order valence-corrected chi connectivity index (χ4v) is 2.40. The van der Waals surface area contributed by atoms with Crippen LogP contribution in [0.4, 0.5) is 0 Å². The van der Waals surface area contributed by atoms with Crippen molar-refractivity contribution >= 4 is 5.97 Å². The van der Waals surface area contributed by atoms with E-state index < -0.39 is 0 Å². The molecule has 0 atom stereocenters. The summed E-state index contributed by atoms with van der Waals surface area (Å²) in [6.45, 7) is 10.4. The summed E-state index contributed by atoms with van der Waals surface area (Å²) in [7, 11) is 0. The minimum absolute atomic E-state index is 0.0328. The maximum Gasteiger partial charge on any atom is 0.306 e. The minimum atomic E-state index is -0.338. The van der Waals surface area contributed by atoms with E-state index in [-0.39, 0.29) is 11.6 Å². The highest BCUT2D eigenvalue weighted by Crippen LogP contribution is 2.21. The Morgan fingerprint density at radius 1 is 0.818 bits per heavy atom. The molecule has 0 radical (unpaired) electrons. The van der Waals surface area contributed by atoms with E-state index in [1.54, 1.807) is 0 Å². The maximum atomic E-state index is 11.8. The van der Waals surface area contributed by atoms with Crippen LogP contribution >= 0.6 is 0 Å². The van der Waals surface area contributed by atoms with Crippen LogP contribution in [0.15, 0.2) is 0 Å². The lowest BCUT2D eigenvalue weighted by atomic mass is 9.94. The van der Waals surface area contributed by atoms with Gasteiger partial charge < -0.3 is 4.74 Å². The lowest BCUT2D eigenvalue weighted by Gasteiger charge is -2.29. The number of carbonyl (C=O) groups excluding carboxylic acids is 1. The van der Waals surface area contributed by atoms with E-state index in [0.717, 1.165) is 12.8 Å². The number of ether oxygens (including phenoxy) is 1. The van der Waals surface area contributed by atoms with Crippen molar-refractivity contribution in [3.05, 3.63) is 0 Å². The molecule has 0 spiro atoms. The molecule has 22 heavy (non-hydrogen) atoms. The molecule has 0 N–H and O–H groups in total. The summed E-state index contributed by atoms with van der Waals surface area (Å²) >= 11 is 0. The van der Waals surface area contributed by atoms with Crippen molar-refractivity contribution in [3.63, 3.8) is 0 Å².